The molecule has 0 saturated carbocycles. The van der Waals surface area contributed by atoms with Gasteiger partial charge in [0.15, 0.2) is 10.9 Å². The van der Waals surface area contributed by atoms with Crippen LogP contribution in [0.15, 0.2) is 52.4 Å². The number of aromatic nitrogens is 2. The maximum atomic E-state index is 13.0. The number of para-hydroxylation sites is 1. The molecule has 152 valence electrons. The number of hydrogen-bond acceptors (Lipinski definition) is 5. The molecule has 0 spiro atoms. The summed E-state index contributed by atoms with van der Waals surface area (Å²) in [6.07, 6.45) is 0. The SMILES string of the molecule is CC(=O)c1ccccc1OCCSc1nc2ccc(Cl)cc2c(=O)n1CC(C)C. The molecule has 0 unspecified atom stereocenters. The summed E-state index contributed by atoms with van der Waals surface area (Å²) < 4.78 is 7.51. The highest BCUT2D eigenvalue weighted by molar-refractivity contribution is 7.99. The highest BCUT2D eigenvalue weighted by Crippen LogP contribution is 2.22. The molecule has 29 heavy (non-hydrogen) atoms. The Bertz CT molecular complexity index is 1100. The van der Waals surface area contributed by atoms with E-state index in [2.05, 4.69) is 18.8 Å². The second-order valence-electron chi connectivity index (χ2n) is 7.11. The first-order chi connectivity index (χ1) is 13.9. The van der Waals surface area contributed by atoms with Crippen molar-refractivity contribution in [2.45, 2.75) is 32.5 Å². The molecule has 0 bridgehead atoms. The van der Waals surface area contributed by atoms with Crippen LogP contribution in [-0.2, 0) is 6.54 Å². The molecule has 3 rings (SSSR count). The smallest absolute Gasteiger partial charge is 0.262 e. The molecule has 0 atom stereocenters. The number of Topliss-reactive ketones (excluding diaryl/α,β-unsaturated/α-hetero) is 1. The Morgan fingerprint density at radius 1 is 1.24 bits per heavy atom. The van der Waals surface area contributed by atoms with E-state index in [9.17, 15) is 9.59 Å². The normalized spacial score (nSPS) is 11.2. The molecule has 3 aromatic rings. The number of fused-ring (bicyclic) bond motifs is 1. The van der Waals surface area contributed by atoms with Crippen molar-refractivity contribution in [2.24, 2.45) is 5.92 Å². The van der Waals surface area contributed by atoms with Gasteiger partial charge in [0.25, 0.3) is 5.56 Å². The summed E-state index contributed by atoms with van der Waals surface area (Å²) in [5.74, 6) is 1.43. The number of rotatable bonds is 8. The van der Waals surface area contributed by atoms with Crippen LogP contribution in [0.4, 0.5) is 0 Å². The molecule has 0 N–H and O–H groups in total. The fourth-order valence-corrected chi connectivity index (χ4v) is 3.97. The maximum Gasteiger partial charge on any atom is 0.262 e. The highest BCUT2D eigenvalue weighted by atomic mass is 35.5. The van der Waals surface area contributed by atoms with E-state index in [0.29, 0.717) is 57.2 Å². The second-order valence-corrected chi connectivity index (χ2v) is 8.61. The fraction of sp³-hybridized carbons (Fsp3) is 0.318. The van der Waals surface area contributed by atoms with E-state index in [0.717, 1.165) is 0 Å². The van der Waals surface area contributed by atoms with Gasteiger partial charge in [-0.1, -0.05) is 49.3 Å². The second kappa shape index (κ2) is 9.46. The number of thioether (sulfide) groups is 1. The molecule has 0 radical (unpaired) electrons. The van der Waals surface area contributed by atoms with Crippen LogP contribution in [0.1, 0.15) is 31.1 Å². The molecule has 5 nitrogen and oxygen atoms in total. The monoisotopic (exact) mass is 430 g/mol. The average molecular weight is 431 g/mol. The lowest BCUT2D eigenvalue weighted by molar-refractivity contribution is 0.101. The minimum absolute atomic E-state index is 0.0334. The van der Waals surface area contributed by atoms with Gasteiger partial charge in [0.1, 0.15) is 5.75 Å². The lowest BCUT2D eigenvalue weighted by atomic mass is 10.1. The van der Waals surface area contributed by atoms with Crippen LogP contribution >= 0.6 is 23.4 Å². The predicted molar refractivity (Wildman–Crippen MR) is 119 cm³/mol. The Balaban J connectivity index is 1.80. The molecule has 1 aromatic heterocycles. The first kappa shape index (κ1) is 21.4. The Morgan fingerprint density at radius 2 is 2.00 bits per heavy atom. The van der Waals surface area contributed by atoms with Crippen molar-refractivity contribution < 1.29 is 9.53 Å². The third-order valence-electron chi connectivity index (χ3n) is 4.27. The van der Waals surface area contributed by atoms with E-state index in [1.54, 1.807) is 34.9 Å². The summed E-state index contributed by atoms with van der Waals surface area (Å²) in [7, 11) is 0. The average Bonchev–Trinajstić information content (AvgIpc) is 2.68. The summed E-state index contributed by atoms with van der Waals surface area (Å²) in [5.41, 5.74) is 1.11. The van der Waals surface area contributed by atoms with Gasteiger partial charge < -0.3 is 4.74 Å². The minimum Gasteiger partial charge on any atom is -0.492 e. The van der Waals surface area contributed by atoms with Crippen molar-refractivity contribution in [1.82, 2.24) is 9.55 Å². The van der Waals surface area contributed by atoms with E-state index in [-0.39, 0.29) is 11.3 Å². The number of nitrogens with zero attached hydrogens (tertiary/aromatic N) is 2. The van der Waals surface area contributed by atoms with Gasteiger partial charge in [-0.05, 0) is 43.2 Å². The van der Waals surface area contributed by atoms with E-state index < -0.39 is 0 Å². The van der Waals surface area contributed by atoms with Crippen LogP contribution in [-0.4, -0.2) is 27.7 Å². The first-order valence-electron chi connectivity index (χ1n) is 9.42. The van der Waals surface area contributed by atoms with Gasteiger partial charge in [-0.15, -0.1) is 0 Å². The molecule has 0 aliphatic carbocycles. The zero-order chi connectivity index (χ0) is 21.0. The summed E-state index contributed by atoms with van der Waals surface area (Å²) in [6.45, 7) is 6.61. The van der Waals surface area contributed by atoms with Gasteiger partial charge in [-0.2, -0.15) is 0 Å². The van der Waals surface area contributed by atoms with Crippen molar-refractivity contribution in [2.75, 3.05) is 12.4 Å². The van der Waals surface area contributed by atoms with Gasteiger partial charge in [0.2, 0.25) is 0 Å². The summed E-state index contributed by atoms with van der Waals surface area (Å²) >= 11 is 7.53. The fourth-order valence-electron chi connectivity index (χ4n) is 2.98. The maximum absolute atomic E-state index is 13.0. The van der Waals surface area contributed by atoms with E-state index in [4.69, 9.17) is 16.3 Å². The number of ether oxygens (including phenoxy) is 1. The van der Waals surface area contributed by atoms with Crippen molar-refractivity contribution in [3.8, 4) is 5.75 Å². The summed E-state index contributed by atoms with van der Waals surface area (Å²) in [4.78, 5) is 29.4. The molecule has 0 amide bonds. The van der Waals surface area contributed by atoms with Gasteiger partial charge >= 0.3 is 0 Å². The quantitative estimate of drug-likeness (QED) is 0.216. The third-order valence-corrected chi connectivity index (χ3v) is 5.44. The van der Waals surface area contributed by atoms with Crippen LogP contribution in [0.3, 0.4) is 0 Å². The number of halogens is 1. The Labute approximate surface area is 179 Å². The van der Waals surface area contributed by atoms with Gasteiger partial charge in [-0.25, -0.2) is 4.98 Å². The zero-order valence-electron chi connectivity index (χ0n) is 16.6. The van der Waals surface area contributed by atoms with Gasteiger partial charge in [-0.3, -0.25) is 14.2 Å². The van der Waals surface area contributed by atoms with E-state index >= 15 is 0 Å². The van der Waals surface area contributed by atoms with Crippen molar-refractivity contribution >= 4 is 40.0 Å². The number of benzene rings is 2. The first-order valence-corrected chi connectivity index (χ1v) is 10.8. The zero-order valence-corrected chi connectivity index (χ0v) is 18.2. The molecule has 7 heteroatoms. The Hall–Kier alpha value is -2.31. The largest absolute Gasteiger partial charge is 0.492 e. The Kier molecular flexibility index (Phi) is 6.98. The molecule has 0 fully saturated rings. The van der Waals surface area contributed by atoms with Crippen LogP contribution in [0.25, 0.3) is 10.9 Å². The standard InChI is InChI=1S/C22H23ClN2O3S/c1-14(2)13-25-21(27)18-12-16(23)8-9-19(18)24-22(25)29-11-10-28-20-7-5-4-6-17(20)15(3)26/h4-9,12,14H,10-11,13H2,1-3H3. The van der Waals surface area contributed by atoms with Gasteiger partial charge in [0, 0.05) is 17.3 Å². The summed E-state index contributed by atoms with van der Waals surface area (Å²) in [5, 5.41) is 1.70. The van der Waals surface area contributed by atoms with Crippen molar-refractivity contribution in [3.63, 3.8) is 0 Å². The topological polar surface area (TPSA) is 61.2 Å². The number of hydrogen-bond donors (Lipinski definition) is 0. The lowest BCUT2D eigenvalue weighted by Crippen LogP contribution is -2.25. The van der Waals surface area contributed by atoms with E-state index in [1.807, 2.05) is 12.1 Å². The predicted octanol–water partition coefficient (Wildman–Crippen LogP) is 5.08. The van der Waals surface area contributed by atoms with Gasteiger partial charge in [0.05, 0.1) is 23.1 Å². The molecular weight excluding hydrogens is 408 g/mol. The minimum atomic E-state index is -0.0865. The molecule has 0 aliphatic rings. The van der Waals surface area contributed by atoms with Crippen LogP contribution in [0.5, 0.6) is 5.75 Å². The number of ketones is 1. The molecule has 1 heterocycles. The molecule has 0 saturated heterocycles. The Morgan fingerprint density at radius 3 is 2.72 bits per heavy atom. The molecule has 0 aliphatic heterocycles. The highest BCUT2D eigenvalue weighted by Gasteiger charge is 2.14. The summed E-state index contributed by atoms with van der Waals surface area (Å²) in [6, 6.07) is 12.4. The van der Waals surface area contributed by atoms with Crippen LogP contribution < -0.4 is 10.3 Å². The number of carbonyl (C=O) groups excluding carboxylic acids is 1. The van der Waals surface area contributed by atoms with Crippen molar-refractivity contribution in [3.05, 3.63) is 63.4 Å². The molecular formula is C22H23ClN2O3S. The van der Waals surface area contributed by atoms with E-state index in [1.165, 1.54) is 18.7 Å². The third kappa shape index (κ3) is 5.19. The lowest BCUT2D eigenvalue weighted by Gasteiger charge is -2.15. The van der Waals surface area contributed by atoms with Crippen LogP contribution in [0.2, 0.25) is 5.02 Å². The van der Waals surface area contributed by atoms with Crippen LogP contribution in [0, 0.1) is 5.92 Å². The number of carbonyl (C=O) groups is 1. The van der Waals surface area contributed by atoms with Crippen molar-refractivity contribution in [1.29, 1.82) is 0 Å². The molecule has 2 aromatic carbocycles.